The molecule has 106 valence electrons. The minimum Gasteiger partial charge on any atom is -0.381 e. The molecule has 0 radical (unpaired) electrons. The van der Waals surface area contributed by atoms with E-state index in [0.717, 1.165) is 37.1 Å². The zero-order chi connectivity index (χ0) is 13.7. The third-order valence-electron chi connectivity index (χ3n) is 3.88. The van der Waals surface area contributed by atoms with Crippen LogP contribution in [0.4, 0.5) is 0 Å². The lowest BCUT2D eigenvalue weighted by Gasteiger charge is -2.28. The summed E-state index contributed by atoms with van der Waals surface area (Å²) in [6.45, 7) is 9.03. The molecule has 0 aromatic carbocycles. The molecule has 0 aliphatic carbocycles. The third-order valence-corrected chi connectivity index (χ3v) is 3.88. The molecule has 1 N–H and O–H groups in total. The van der Waals surface area contributed by atoms with E-state index in [1.165, 1.54) is 24.8 Å². The SMILES string of the molecule is CCNC(CC1CCOCC1)c1cc(C)nnc1C. The zero-order valence-electron chi connectivity index (χ0n) is 12.3. The van der Waals surface area contributed by atoms with Crippen molar-refractivity contribution in [3.8, 4) is 0 Å². The van der Waals surface area contributed by atoms with Crippen molar-refractivity contribution in [3.63, 3.8) is 0 Å². The van der Waals surface area contributed by atoms with Gasteiger partial charge in [0.25, 0.3) is 0 Å². The van der Waals surface area contributed by atoms with Crippen molar-refractivity contribution in [2.75, 3.05) is 19.8 Å². The van der Waals surface area contributed by atoms with E-state index in [0.29, 0.717) is 6.04 Å². The van der Waals surface area contributed by atoms with Gasteiger partial charge in [-0.2, -0.15) is 10.2 Å². The lowest BCUT2D eigenvalue weighted by Crippen LogP contribution is -2.27. The molecule has 2 rings (SSSR count). The third kappa shape index (κ3) is 3.98. The van der Waals surface area contributed by atoms with Gasteiger partial charge < -0.3 is 10.1 Å². The average molecular weight is 263 g/mol. The Kier molecular flexibility index (Phi) is 5.28. The van der Waals surface area contributed by atoms with Crippen LogP contribution in [0.5, 0.6) is 0 Å². The van der Waals surface area contributed by atoms with Gasteiger partial charge in [0.15, 0.2) is 0 Å². The molecule has 1 unspecified atom stereocenters. The van der Waals surface area contributed by atoms with Crippen LogP contribution >= 0.6 is 0 Å². The fraction of sp³-hybridized carbons (Fsp3) is 0.733. The van der Waals surface area contributed by atoms with Crippen LogP contribution in [0, 0.1) is 19.8 Å². The van der Waals surface area contributed by atoms with E-state index in [9.17, 15) is 0 Å². The molecule has 4 nitrogen and oxygen atoms in total. The van der Waals surface area contributed by atoms with E-state index in [1.54, 1.807) is 0 Å². The number of hydrogen-bond donors (Lipinski definition) is 1. The van der Waals surface area contributed by atoms with Crippen molar-refractivity contribution in [1.29, 1.82) is 0 Å². The Morgan fingerprint density at radius 3 is 2.74 bits per heavy atom. The zero-order valence-corrected chi connectivity index (χ0v) is 12.3. The van der Waals surface area contributed by atoms with Crippen LogP contribution in [-0.2, 0) is 4.74 Å². The van der Waals surface area contributed by atoms with Gasteiger partial charge in [-0.1, -0.05) is 6.92 Å². The highest BCUT2D eigenvalue weighted by atomic mass is 16.5. The van der Waals surface area contributed by atoms with E-state index < -0.39 is 0 Å². The second kappa shape index (κ2) is 6.96. The minimum atomic E-state index is 0.391. The summed E-state index contributed by atoms with van der Waals surface area (Å²) < 4.78 is 5.45. The minimum absolute atomic E-state index is 0.391. The molecule has 1 aliphatic rings. The Morgan fingerprint density at radius 2 is 2.05 bits per heavy atom. The molecular formula is C15H25N3O. The van der Waals surface area contributed by atoms with Gasteiger partial charge in [0, 0.05) is 19.3 Å². The first kappa shape index (κ1) is 14.4. The first-order chi connectivity index (χ1) is 9.20. The maximum absolute atomic E-state index is 5.45. The second-order valence-corrected chi connectivity index (χ2v) is 5.43. The van der Waals surface area contributed by atoms with Crippen molar-refractivity contribution in [3.05, 3.63) is 23.0 Å². The van der Waals surface area contributed by atoms with E-state index in [1.807, 2.05) is 6.92 Å². The first-order valence-electron chi connectivity index (χ1n) is 7.32. The van der Waals surface area contributed by atoms with Gasteiger partial charge in [0.2, 0.25) is 0 Å². The number of nitrogens with one attached hydrogen (secondary N) is 1. The first-order valence-corrected chi connectivity index (χ1v) is 7.32. The van der Waals surface area contributed by atoms with Gasteiger partial charge in [-0.3, -0.25) is 0 Å². The normalized spacial score (nSPS) is 18.5. The van der Waals surface area contributed by atoms with Crippen LogP contribution in [0.1, 0.15) is 49.2 Å². The van der Waals surface area contributed by atoms with Crippen molar-refractivity contribution in [2.45, 2.75) is 46.1 Å². The fourth-order valence-electron chi connectivity index (χ4n) is 2.80. The van der Waals surface area contributed by atoms with E-state index in [4.69, 9.17) is 4.74 Å². The summed E-state index contributed by atoms with van der Waals surface area (Å²) in [5.74, 6) is 0.755. The molecular weight excluding hydrogens is 238 g/mol. The van der Waals surface area contributed by atoms with Crippen LogP contribution in [0.15, 0.2) is 6.07 Å². The standard InChI is InChI=1S/C15H25N3O/c1-4-16-15(10-13-5-7-19-8-6-13)14-9-11(2)17-18-12(14)3/h9,13,15-16H,4-8,10H2,1-3H3. The Balaban J connectivity index is 2.11. The monoisotopic (exact) mass is 263 g/mol. The van der Waals surface area contributed by atoms with Gasteiger partial charge in [-0.15, -0.1) is 0 Å². The Morgan fingerprint density at radius 1 is 1.32 bits per heavy atom. The molecule has 1 fully saturated rings. The van der Waals surface area contributed by atoms with Crippen molar-refractivity contribution in [2.24, 2.45) is 5.92 Å². The van der Waals surface area contributed by atoms with Gasteiger partial charge in [-0.05, 0) is 57.2 Å². The summed E-state index contributed by atoms with van der Waals surface area (Å²) >= 11 is 0. The molecule has 0 spiro atoms. The molecule has 2 heterocycles. The lowest BCUT2D eigenvalue weighted by atomic mass is 9.89. The molecule has 1 aromatic rings. The number of rotatable bonds is 5. The maximum atomic E-state index is 5.45. The molecule has 0 bridgehead atoms. The van der Waals surface area contributed by atoms with E-state index in [-0.39, 0.29) is 0 Å². The summed E-state index contributed by atoms with van der Waals surface area (Å²) in [7, 11) is 0. The molecule has 1 atom stereocenters. The highest BCUT2D eigenvalue weighted by Crippen LogP contribution is 2.28. The van der Waals surface area contributed by atoms with Crippen LogP contribution in [0.25, 0.3) is 0 Å². The summed E-state index contributed by atoms with van der Waals surface area (Å²) in [4.78, 5) is 0. The number of ether oxygens (including phenoxy) is 1. The van der Waals surface area contributed by atoms with E-state index in [2.05, 4.69) is 35.4 Å². The van der Waals surface area contributed by atoms with Gasteiger partial charge >= 0.3 is 0 Å². The second-order valence-electron chi connectivity index (χ2n) is 5.43. The Hall–Kier alpha value is -1.00. The van der Waals surface area contributed by atoms with Crippen LogP contribution in [-0.4, -0.2) is 30.0 Å². The van der Waals surface area contributed by atoms with Crippen LogP contribution < -0.4 is 5.32 Å². The molecule has 0 amide bonds. The molecule has 0 saturated carbocycles. The summed E-state index contributed by atoms with van der Waals surface area (Å²) in [5, 5.41) is 12.0. The predicted molar refractivity (Wildman–Crippen MR) is 76.1 cm³/mol. The average Bonchev–Trinajstić information content (AvgIpc) is 2.42. The number of hydrogen-bond acceptors (Lipinski definition) is 4. The van der Waals surface area contributed by atoms with Gasteiger partial charge in [0.1, 0.15) is 0 Å². The molecule has 1 saturated heterocycles. The summed E-state index contributed by atoms with van der Waals surface area (Å²) in [6.07, 6.45) is 3.53. The van der Waals surface area contributed by atoms with E-state index >= 15 is 0 Å². The smallest absolute Gasteiger partial charge is 0.0648 e. The maximum Gasteiger partial charge on any atom is 0.0648 e. The summed E-state index contributed by atoms with van der Waals surface area (Å²) in [5.41, 5.74) is 3.35. The fourth-order valence-corrected chi connectivity index (χ4v) is 2.80. The van der Waals surface area contributed by atoms with Crippen LogP contribution in [0.3, 0.4) is 0 Å². The van der Waals surface area contributed by atoms with Crippen LogP contribution in [0.2, 0.25) is 0 Å². The largest absolute Gasteiger partial charge is 0.381 e. The number of nitrogens with zero attached hydrogens (tertiary/aromatic N) is 2. The van der Waals surface area contributed by atoms with Crippen molar-refractivity contribution >= 4 is 0 Å². The quantitative estimate of drug-likeness (QED) is 0.887. The Bertz CT molecular complexity index is 402. The molecule has 19 heavy (non-hydrogen) atoms. The molecule has 1 aliphatic heterocycles. The highest BCUT2D eigenvalue weighted by molar-refractivity contribution is 5.23. The lowest BCUT2D eigenvalue weighted by molar-refractivity contribution is 0.0605. The predicted octanol–water partition coefficient (Wildman–Crippen LogP) is 2.56. The number of aryl methyl sites for hydroxylation is 2. The molecule has 4 heteroatoms. The van der Waals surface area contributed by atoms with Crippen molar-refractivity contribution in [1.82, 2.24) is 15.5 Å². The molecule has 1 aromatic heterocycles. The number of aromatic nitrogens is 2. The highest BCUT2D eigenvalue weighted by Gasteiger charge is 2.21. The Labute approximate surface area is 116 Å². The van der Waals surface area contributed by atoms with Crippen molar-refractivity contribution < 1.29 is 4.74 Å². The topological polar surface area (TPSA) is 47.0 Å². The summed E-state index contributed by atoms with van der Waals surface area (Å²) in [6, 6.07) is 2.57. The van der Waals surface area contributed by atoms with Gasteiger partial charge in [-0.25, -0.2) is 0 Å². The van der Waals surface area contributed by atoms with Gasteiger partial charge in [0.05, 0.1) is 11.4 Å².